The number of fused-ring (bicyclic) bond motifs is 1. The largest absolute Gasteiger partial charge is 0.338 e. The number of para-hydroxylation sites is 1. The Morgan fingerprint density at radius 2 is 1.45 bits per heavy atom. The molecule has 0 unspecified atom stereocenters. The number of aryl methyl sites for hydroxylation is 1. The number of amides is 1. The van der Waals surface area contributed by atoms with Gasteiger partial charge in [-0.15, -0.1) is 10.2 Å². The van der Waals surface area contributed by atoms with Gasteiger partial charge in [-0.1, -0.05) is 54.6 Å². The summed E-state index contributed by atoms with van der Waals surface area (Å²) in [5.41, 5.74) is 3.86. The maximum Gasteiger partial charge on any atom is 0.255 e. The predicted octanol–water partition coefficient (Wildman–Crippen LogP) is 5.51. The number of sulfonamides is 1. The van der Waals surface area contributed by atoms with E-state index < -0.39 is 10.0 Å². The van der Waals surface area contributed by atoms with Crippen LogP contribution in [0.5, 0.6) is 0 Å². The van der Waals surface area contributed by atoms with Crippen LogP contribution in [0.2, 0.25) is 0 Å². The van der Waals surface area contributed by atoms with E-state index in [4.69, 9.17) is 0 Å². The SMILES string of the molecule is CNS(=O)(=O)c1cc(-c2nnc(Nc3ccc(C(=O)Nc4ccccc4)cc3)c3ccccc23)ccc1C. The molecule has 0 aliphatic rings. The van der Waals surface area contributed by atoms with E-state index >= 15 is 0 Å². The van der Waals surface area contributed by atoms with Gasteiger partial charge in [0.25, 0.3) is 5.91 Å². The molecular formula is C29H25N5O3S. The van der Waals surface area contributed by atoms with Crippen molar-refractivity contribution in [2.24, 2.45) is 0 Å². The number of rotatable bonds is 7. The van der Waals surface area contributed by atoms with E-state index in [2.05, 4.69) is 25.6 Å². The van der Waals surface area contributed by atoms with Crippen molar-refractivity contribution in [3.63, 3.8) is 0 Å². The molecule has 0 saturated heterocycles. The minimum atomic E-state index is -3.63. The van der Waals surface area contributed by atoms with Crippen LogP contribution in [0.1, 0.15) is 15.9 Å². The van der Waals surface area contributed by atoms with Gasteiger partial charge in [-0.05, 0) is 62.0 Å². The van der Waals surface area contributed by atoms with Crippen molar-refractivity contribution in [2.75, 3.05) is 17.7 Å². The summed E-state index contributed by atoms with van der Waals surface area (Å²) >= 11 is 0. The van der Waals surface area contributed by atoms with Crippen molar-refractivity contribution >= 4 is 43.9 Å². The molecule has 1 aromatic heterocycles. The van der Waals surface area contributed by atoms with E-state index in [1.165, 1.54) is 7.05 Å². The molecule has 0 fully saturated rings. The van der Waals surface area contributed by atoms with Gasteiger partial charge in [-0.25, -0.2) is 13.1 Å². The minimum absolute atomic E-state index is 0.196. The Bertz CT molecular complexity index is 1740. The average Bonchev–Trinajstić information content (AvgIpc) is 2.94. The molecule has 0 saturated carbocycles. The third-order valence-electron chi connectivity index (χ3n) is 6.15. The fraction of sp³-hybridized carbons (Fsp3) is 0.0690. The Morgan fingerprint density at radius 3 is 2.16 bits per heavy atom. The second-order valence-corrected chi connectivity index (χ2v) is 10.5. The van der Waals surface area contributed by atoms with Crippen molar-refractivity contribution in [3.05, 3.63) is 108 Å². The maximum atomic E-state index is 12.6. The molecule has 0 radical (unpaired) electrons. The van der Waals surface area contributed by atoms with Crippen molar-refractivity contribution < 1.29 is 13.2 Å². The second kappa shape index (κ2) is 10.4. The van der Waals surface area contributed by atoms with Crippen molar-refractivity contribution in [2.45, 2.75) is 11.8 Å². The summed E-state index contributed by atoms with van der Waals surface area (Å²) in [6.45, 7) is 1.75. The Labute approximate surface area is 220 Å². The smallest absolute Gasteiger partial charge is 0.255 e. The standard InChI is InChI=1S/C29H25N5O3S/c1-19-12-13-21(18-26(19)38(36,37)30-2)27-24-10-6-7-11-25(24)28(34-33-27)31-23-16-14-20(15-17-23)29(35)32-22-8-4-3-5-9-22/h3-18,30H,1-2H3,(H,31,34)(H,32,35). The van der Waals surface area contributed by atoms with Crippen molar-refractivity contribution in [3.8, 4) is 11.3 Å². The highest BCUT2D eigenvalue weighted by atomic mass is 32.2. The highest BCUT2D eigenvalue weighted by Crippen LogP contribution is 2.32. The summed E-state index contributed by atoms with van der Waals surface area (Å²) in [6, 6.07) is 29.2. The zero-order valence-corrected chi connectivity index (χ0v) is 21.6. The molecule has 4 aromatic carbocycles. The fourth-order valence-corrected chi connectivity index (χ4v) is 5.12. The van der Waals surface area contributed by atoms with E-state index in [-0.39, 0.29) is 10.8 Å². The summed E-state index contributed by atoms with van der Waals surface area (Å²) in [5, 5.41) is 16.7. The van der Waals surface area contributed by atoms with E-state index in [1.807, 2.05) is 60.7 Å². The zero-order valence-electron chi connectivity index (χ0n) is 20.8. The number of nitrogens with one attached hydrogen (secondary N) is 3. The lowest BCUT2D eigenvalue weighted by molar-refractivity contribution is 0.102. The van der Waals surface area contributed by atoms with Gasteiger partial charge in [0.2, 0.25) is 10.0 Å². The molecule has 0 aliphatic heterocycles. The highest BCUT2D eigenvalue weighted by Gasteiger charge is 2.18. The first-order chi connectivity index (χ1) is 18.4. The Hall–Kier alpha value is -4.60. The Kier molecular flexibility index (Phi) is 6.87. The number of benzene rings is 4. The molecule has 38 heavy (non-hydrogen) atoms. The fourth-order valence-electron chi connectivity index (χ4n) is 4.12. The van der Waals surface area contributed by atoms with E-state index in [0.29, 0.717) is 28.2 Å². The topological polar surface area (TPSA) is 113 Å². The number of aromatic nitrogens is 2. The van der Waals surface area contributed by atoms with Gasteiger partial charge >= 0.3 is 0 Å². The van der Waals surface area contributed by atoms with Crippen molar-refractivity contribution in [1.82, 2.24) is 14.9 Å². The molecule has 0 atom stereocenters. The summed E-state index contributed by atoms with van der Waals surface area (Å²) in [4.78, 5) is 12.8. The number of anilines is 3. The van der Waals surface area contributed by atoms with Crippen LogP contribution in [0.3, 0.4) is 0 Å². The molecule has 9 heteroatoms. The van der Waals surface area contributed by atoms with Crippen LogP contribution in [0, 0.1) is 6.92 Å². The number of carbonyl (C=O) groups excluding carboxylic acids is 1. The van der Waals surface area contributed by atoms with Gasteiger partial charge < -0.3 is 10.6 Å². The van der Waals surface area contributed by atoms with Gasteiger partial charge in [0.15, 0.2) is 5.82 Å². The molecule has 3 N–H and O–H groups in total. The lowest BCUT2D eigenvalue weighted by atomic mass is 10.0. The quantitative estimate of drug-likeness (QED) is 0.259. The molecule has 0 aliphatic carbocycles. The van der Waals surface area contributed by atoms with Gasteiger partial charge in [0, 0.05) is 33.3 Å². The third-order valence-corrected chi connectivity index (χ3v) is 7.70. The Balaban J connectivity index is 1.44. The molecule has 190 valence electrons. The summed E-state index contributed by atoms with van der Waals surface area (Å²) in [6.07, 6.45) is 0. The first kappa shape index (κ1) is 25.1. The normalized spacial score (nSPS) is 11.3. The third kappa shape index (κ3) is 5.10. The second-order valence-electron chi connectivity index (χ2n) is 8.65. The molecular weight excluding hydrogens is 498 g/mol. The minimum Gasteiger partial charge on any atom is -0.338 e. The van der Waals surface area contributed by atoms with Gasteiger partial charge in [-0.3, -0.25) is 4.79 Å². The van der Waals surface area contributed by atoms with E-state index in [0.717, 1.165) is 22.1 Å². The molecule has 5 rings (SSSR count). The number of carbonyl (C=O) groups is 1. The lowest BCUT2D eigenvalue weighted by Crippen LogP contribution is -2.19. The Morgan fingerprint density at radius 1 is 0.763 bits per heavy atom. The summed E-state index contributed by atoms with van der Waals surface area (Å²) < 4.78 is 27.4. The molecule has 5 aromatic rings. The zero-order chi connectivity index (χ0) is 26.7. The van der Waals surface area contributed by atoms with Crippen LogP contribution < -0.4 is 15.4 Å². The summed E-state index contributed by atoms with van der Waals surface area (Å²) in [7, 11) is -2.24. The molecule has 8 nitrogen and oxygen atoms in total. The van der Waals surface area contributed by atoms with Gasteiger partial charge in [-0.2, -0.15) is 0 Å². The molecule has 1 amide bonds. The lowest BCUT2D eigenvalue weighted by Gasteiger charge is -2.13. The number of hydrogen-bond acceptors (Lipinski definition) is 6. The maximum absolute atomic E-state index is 12.6. The van der Waals surface area contributed by atoms with Crippen LogP contribution in [-0.2, 0) is 10.0 Å². The van der Waals surface area contributed by atoms with Crippen LogP contribution >= 0.6 is 0 Å². The number of hydrogen-bond donors (Lipinski definition) is 3. The van der Waals surface area contributed by atoms with E-state index in [1.54, 1.807) is 43.3 Å². The molecule has 1 heterocycles. The first-order valence-corrected chi connectivity index (χ1v) is 13.4. The van der Waals surface area contributed by atoms with Crippen LogP contribution in [0.15, 0.2) is 102 Å². The monoisotopic (exact) mass is 523 g/mol. The summed E-state index contributed by atoms with van der Waals surface area (Å²) in [5.74, 6) is 0.344. The average molecular weight is 524 g/mol. The highest BCUT2D eigenvalue weighted by molar-refractivity contribution is 7.89. The van der Waals surface area contributed by atoms with Gasteiger partial charge in [0.1, 0.15) is 5.69 Å². The first-order valence-electron chi connectivity index (χ1n) is 11.9. The molecule has 0 bridgehead atoms. The van der Waals surface area contributed by atoms with Crippen LogP contribution in [-0.4, -0.2) is 31.6 Å². The van der Waals surface area contributed by atoms with Crippen LogP contribution in [0.4, 0.5) is 17.2 Å². The van der Waals surface area contributed by atoms with Gasteiger partial charge in [0.05, 0.1) is 4.90 Å². The van der Waals surface area contributed by atoms with E-state index in [9.17, 15) is 13.2 Å². The molecule has 0 spiro atoms. The van der Waals surface area contributed by atoms with Crippen LogP contribution in [0.25, 0.3) is 22.0 Å². The van der Waals surface area contributed by atoms with Crippen molar-refractivity contribution in [1.29, 1.82) is 0 Å². The number of nitrogens with zero attached hydrogens (tertiary/aromatic N) is 2. The predicted molar refractivity (Wildman–Crippen MR) is 150 cm³/mol.